The summed E-state index contributed by atoms with van der Waals surface area (Å²) >= 11 is 7.49. The van der Waals surface area contributed by atoms with Gasteiger partial charge in [-0.1, -0.05) is 24.3 Å². The topological polar surface area (TPSA) is 25.8 Å². The Morgan fingerprint density at radius 2 is 2.05 bits per heavy atom. The lowest BCUT2D eigenvalue weighted by Gasteiger charge is -2.22. The van der Waals surface area contributed by atoms with E-state index in [1.165, 1.54) is 22.6 Å². The third-order valence-electron chi connectivity index (χ3n) is 3.70. The van der Waals surface area contributed by atoms with Gasteiger partial charge >= 0.3 is 0 Å². The molecule has 1 atom stereocenters. The Bertz CT molecular complexity index is 553. The predicted octanol–water partition coefficient (Wildman–Crippen LogP) is 3.98. The van der Waals surface area contributed by atoms with E-state index in [1.54, 1.807) is 11.3 Å². The van der Waals surface area contributed by atoms with Crippen molar-refractivity contribution >= 4 is 22.9 Å². The SMILES string of the molecule is ClCCCc1nnc(C2CCc3ccccc3C2)s1. The van der Waals surface area contributed by atoms with Gasteiger partial charge in [-0.25, -0.2) is 0 Å². The summed E-state index contributed by atoms with van der Waals surface area (Å²) in [5.41, 5.74) is 2.99. The van der Waals surface area contributed by atoms with Crippen LogP contribution in [0.5, 0.6) is 0 Å². The molecule has 0 bridgehead atoms. The minimum atomic E-state index is 0.553. The van der Waals surface area contributed by atoms with Crippen LogP contribution in [0.25, 0.3) is 0 Å². The molecule has 4 heteroatoms. The number of nitrogens with zero attached hydrogens (tertiary/aromatic N) is 2. The molecular formula is C15H17ClN2S. The summed E-state index contributed by atoms with van der Waals surface area (Å²) in [4.78, 5) is 0. The number of alkyl halides is 1. The van der Waals surface area contributed by atoms with Crippen molar-refractivity contribution in [2.45, 2.75) is 38.0 Å². The average Bonchev–Trinajstić information content (AvgIpc) is 2.93. The van der Waals surface area contributed by atoms with Crippen molar-refractivity contribution in [3.63, 3.8) is 0 Å². The van der Waals surface area contributed by atoms with Gasteiger partial charge in [0.15, 0.2) is 0 Å². The number of hydrogen-bond acceptors (Lipinski definition) is 3. The van der Waals surface area contributed by atoms with Crippen LogP contribution < -0.4 is 0 Å². The lowest BCUT2D eigenvalue weighted by atomic mass is 9.84. The molecule has 0 aliphatic heterocycles. The van der Waals surface area contributed by atoms with E-state index in [0.29, 0.717) is 11.8 Å². The second-order valence-corrected chi connectivity index (χ2v) is 6.51. The molecule has 1 unspecified atom stereocenters. The van der Waals surface area contributed by atoms with E-state index in [4.69, 9.17) is 11.6 Å². The Morgan fingerprint density at radius 1 is 1.21 bits per heavy atom. The normalized spacial score (nSPS) is 18.3. The van der Waals surface area contributed by atoms with Gasteiger partial charge in [0.05, 0.1) is 0 Å². The molecule has 1 heterocycles. The summed E-state index contributed by atoms with van der Waals surface area (Å²) in [6, 6.07) is 8.76. The van der Waals surface area contributed by atoms with Gasteiger partial charge in [-0.2, -0.15) is 0 Å². The number of aryl methyl sites for hydroxylation is 2. The highest BCUT2D eigenvalue weighted by molar-refractivity contribution is 7.11. The molecule has 19 heavy (non-hydrogen) atoms. The van der Waals surface area contributed by atoms with Gasteiger partial charge < -0.3 is 0 Å². The summed E-state index contributed by atoms with van der Waals surface area (Å²) in [5, 5.41) is 11.0. The number of rotatable bonds is 4. The summed E-state index contributed by atoms with van der Waals surface area (Å²) in [5.74, 6) is 1.25. The van der Waals surface area contributed by atoms with Gasteiger partial charge in [-0.3, -0.25) is 0 Å². The van der Waals surface area contributed by atoms with Crippen LogP contribution in [0.3, 0.4) is 0 Å². The molecule has 0 fully saturated rings. The predicted molar refractivity (Wildman–Crippen MR) is 80.2 cm³/mol. The molecule has 1 aromatic carbocycles. The second kappa shape index (κ2) is 6.02. The van der Waals surface area contributed by atoms with Crippen molar-refractivity contribution in [1.29, 1.82) is 0 Å². The number of aromatic nitrogens is 2. The van der Waals surface area contributed by atoms with Crippen LogP contribution in [-0.2, 0) is 19.3 Å². The first-order chi connectivity index (χ1) is 9.36. The zero-order valence-corrected chi connectivity index (χ0v) is 12.4. The maximum absolute atomic E-state index is 5.72. The first-order valence-electron chi connectivity index (χ1n) is 6.82. The minimum absolute atomic E-state index is 0.553. The zero-order chi connectivity index (χ0) is 13.1. The smallest absolute Gasteiger partial charge is 0.120 e. The molecule has 1 aromatic heterocycles. The first kappa shape index (κ1) is 13.1. The average molecular weight is 293 g/mol. The summed E-state index contributed by atoms with van der Waals surface area (Å²) in [7, 11) is 0. The quantitative estimate of drug-likeness (QED) is 0.797. The Labute approximate surface area is 122 Å². The van der Waals surface area contributed by atoms with Crippen LogP contribution in [0.1, 0.15) is 39.9 Å². The number of fused-ring (bicyclic) bond motifs is 1. The van der Waals surface area contributed by atoms with Gasteiger partial charge in [0, 0.05) is 18.2 Å². The molecule has 2 nitrogen and oxygen atoms in total. The van der Waals surface area contributed by atoms with Crippen LogP contribution in [-0.4, -0.2) is 16.1 Å². The van der Waals surface area contributed by atoms with E-state index in [-0.39, 0.29) is 0 Å². The third-order valence-corrected chi connectivity index (χ3v) is 5.12. The fourth-order valence-electron chi connectivity index (χ4n) is 2.66. The highest BCUT2D eigenvalue weighted by atomic mass is 35.5. The van der Waals surface area contributed by atoms with Gasteiger partial charge in [-0.15, -0.1) is 33.1 Å². The van der Waals surface area contributed by atoms with E-state index in [9.17, 15) is 0 Å². The molecule has 0 amide bonds. The van der Waals surface area contributed by atoms with Crippen molar-refractivity contribution in [3.8, 4) is 0 Å². The van der Waals surface area contributed by atoms with E-state index in [1.807, 2.05) is 0 Å². The zero-order valence-electron chi connectivity index (χ0n) is 10.8. The van der Waals surface area contributed by atoms with E-state index >= 15 is 0 Å². The number of hydrogen-bond donors (Lipinski definition) is 0. The molecule has 0 N–H and O–H groups in total. The second-order valence-electron chi connectivity index (χ2n) is 5.04. The fourth-order valence-corrected chi connectivity index (χ4v) is 3.81. The Hall–Kier alpha value is -0.930. The summed E-state index contributed by atoms with van der Waals surface area (Å²) in [6.45, 7) is 0. The van der Waals surface area contributed by atoms with Gasteiger partial charge in [0.1, 0.15) is 10.0 Å². The van der Waals surface area contributed by atoms with Crippen LogP contribution in [0, 0.1) is 0 Å². The highest BCUT2D eigenvalue weighted by Gasteiger charge is 2.22. The molecule has 1 aliphatic rings. The molecule has 2 aromatic rings. The summed E-state index contributed by atoms with van der Waals surface area (Å²) < 4.78 is 0. The number of halogens is 1. The Balaban J connectivity index is 1.72. The number of benzene rings is 1. The van der Waals surface area contributed by atoms with Crippen molar-refractivity contribution in [1.82, 2.24) is 10.2 Å². The molecule has 3 rings (SSSR count). The molecule has 0 radical (unpaired) electrons. The lowest BCUT2D eigenvalue weighted by Crippen LogP contribution is -2.12. The lowest BCUT2D eigenvalue weighted by molar-refractivity contribution is 0.577. The highest BCUT2D eigenvalue weighted by Crippen LogP contribution is 2.34. The maximum Gasteiger partial charge on any atom is 0.120 e. The summed E-state index contributed by atoms with van der Waals surface area (Å²) in [6.07, 6.45) is 5.42. The molecule has 0 saturated carbocycles. The van der Waals surface area contributed by atoms with Gasteiger partial charge in [-0.05, 0) is 36.8 Å². The largest absolute Gasteiger partial charge is 0.144 e. The molecule has 100 valence electrons. The monoisotopic (exact) mass is 292 g/mol. The van der Waals surface area contributed by atoms with Crippen LogP contribution in [0.2, 0.25) is 0 Å². The van der Waals surface area contributed by atoms with E-state index in [0.717, 1.165) is 30.7 Å². The fraction of sp³-hybridized carbons (Fsp3) is 0.467. The van der Waals surface area contributed by atoms with Crippen LogP contribution in [0.4, 0.5) is 0 Å². The van der Waals surface area contributed by atoms with Crippen molar-refractivity contribution < 1.29 is 0 Å². The third kappa shape index (κ3) is 2.98. The van der Waals surface area contributed by atoms with Crippen LogP contribution in [0.15, 0.2) is 24.3 Å². The van der Waals surface area contributed by atoms with Crippen molar-refractivity contribution in [2.24, 2.45) is 0 Å². The molecule has 1 aliphatic carbocycles. The first-order valence-corrected chi connectivity index (χ1v) is 8.17. The van der Waals surface area contributed by atoms with E-state index < -0.39 is 0 Å². The standard InChI is InChI=1S/C15H17ClN2S/c16-9-3-6-14-17-18-15(19-14)13-8-7-11-4-1-2-5-12(11)10-13/h1-2,4-5,13H,3,6-10H2. The maximum atomic E-state index is 5.72. The van der Waals surface area contributed by atoms with Gasteiger partial charge in [0.25, 0.3) is 0 Å². The van der Waals surface area contributed by atoms with Crippen LogP contribution >= 0.6 is 22.9 Å². The van der Waals surface area contributed by atoms with E-state index in [2.05, 4.69) is 34.5 Å². The Morgan fingerprint density at radius 3 is 2.89 bits per heavy atom. The van der Waals surface area contributed by atoms with Gasteiger partial charge in [0.2, 0.25) is 0 Å². The van der Waals surface area contributed by atoms with Crippen molar-refractivity contribution in [2.75, 3.05) is 5.88 Å². The molecule has 0 saturated heterocycles. The minimum Gasteiger partial charge on any atom is -0.144 e. The Kier molecular flexibility index (Phi) is 4.14. The van der Waals surface area contributed by atoms with Crippen molar-refractivity contribution in [3.05, 3.63) is 45.4 Å². The molecule has 0 spiro atoms. The molecular weight excluding hydrogens is 276 g/mol.